The van der Waals surface area contributed by atoms with Gasteiger partial charge in [-0.3, -0.25) is 14.9 Å². The molecule has 4 rings (SSSR count). The lowest BCUT2D eigenvalue weighted by molar-refractivity contribution is -0.122. The van der Waals surface area contributed by atoms with E-state index in [0.717, 1.165) is 47.6 Å². The fourth-order valence-electron chi connectivity index (χ4n) is 3.92. The molecule has 1 unspecified atom stereocenters. The van der Waals surface area contributed by atoms with E-state index in [2.05, 4.69) is 15.6 Å². The third-order valence-corrected chi connectivity index (χ3v) is 6.74. The zero-order chi connectivity index (χ0) is 23.2. The molecular formula is C25H27N3O4S. The summed E-state index contributed by atoms with van der Waals surface area (Å²) in [5, 5.41) is 6.45. The SMILES string of the molecule is COc1ccc(C(=O)Nc2nc3c(s2)CCCC3C(=O)NCCc2cccc(OC)c2)cc1. The number of thiazole rings is 1. The van der Waals surface area contributed by atoms with Crippen LogP contribution in [0.5, 0.6) is 11.5 Å². The number of aryl methyl sites for hydroxylation is 1. The Morgan fingerprint density at radius 3 is 2.64 bits per heavy atom. The van der Waals surface area contributed by atoms with Crippen molar-refractivity contribution in [3.8, 4) is 11.5 Å². The van der Waals surface area contributed by atoms with Crippen LogP contribution in [-0.2, 0) is 17.6 Å². The molecule has 0 radical (unpaired) electrons. The van der Waals surface area contributed by atoms with Gasteiger partial charge in [-0.1, -0.05) is 12.1 Å². The lowest BCUT2D eigenvalue weighted by Gasteiger charge is -2.20. The molecule has 172 valence electrons. The number of ether oxygens (including phenoxy) is 2. The predicted octanol–water partition coefficient (Wildman–Crippen LogP) is 4.19. The standard InChI is InChI=1S/C25H27N3O4S/c1-31-18-11-9-17(10-12-18)23(29)28-25-27-22-20(7-4-8-21(22)33-25)24(30)26-14-13-16-5-3-6-19(15-16)32-2/h3,5-6,9-12,15,20H,4,7-8,13-14H2,1-2H3,(H,26,30)(H,27,28,29). The predicted molar refractivity (Wildman–Crippen MR) is 128 cm³/mol. The van der Waals surface area contributed by atoms with Gasteiger partial charge in [-0.2, -0.15) is 0 Å². The highest BCUT2D eigenvalue weighted by molar-refractivity contribution is 7.16. The number of aromatic nitrogens is 1. The Bertz CT molecular complexity index is 1130. The lowest BCUT2D eigenvalue weighted by atomic mass is 9.90. The van der Waals surface area contributed by atoms with E-state index >= 15 is 0 Å². The molecule has 0 saturated heterocycles. The summed E-state index contributed by atoms with van der Waals surface area (Å²) in [7, 11) is 3.23. The summed E-state index contributed by atoms with van der Waals surface area (Å²) in [5.41, 5.74) is 2.42. The first-order valence-corrected chi connectivity index (χ1v) is 11.7. The summed E-state index contributed by atoms with van der Waals surface area (Å²) in [5.74, 6) is 0.959. The van der Waals surface area contributed by atoms with Gasteiger partial charge in [-0.05, 0) is 67.6 Å². The Hall–Kier alpha value is -3.39. The van der Waals surface area contributed by atoms with E-state index in [1.165, 1.54) is 11.3 Å². The zero-order valence-electron chi connectivity index (χ0n) is 18.7. The maximum absolute atomic E-state index is 12.9. The van der Waals surface area contributed by atoms with Crippen LogP contribution in [0, 0.1) is 0 Å². The van der Waals surface area contributed by atoms with Gasteiger partial charge in [0.25, 0.3) is 5.91 Å². The molecule has 0 saturated carbocycles. The molecular weight excluding hydrogens is 438 g/mol. The molecule has 2 aromatic carbocycles. The van der Waals surface area contributed by atoms with E-state index in [1.54, 1.807) is 38.5 Å². The number of hydrogen-bond acceptors (Lipinski definition) is 6. The van der Waals surface area contributed by atoms with Crippen LogP contribution < -0.4 is 20.1 Å². The smallest absolute Gasteiger partial charge is 0.257 e. The van der Waals surface area contributed by atoms with Gasteiger partial charge in [-0.15, -0.1) is 11.3 Å². The molecule has 1 atom stereocenters. The largest absolute Gasteiger partial charge is 0.497 e. The molecule has 0 aliphatic heterocycles. The number of rotatable bonds is 8. The number of methoxy groups -OCH3 is 2. The number of hydrogen-bond donors (Lipinski definition) is 2. The molecule has 1 aliphatic carbocycles. The van der Waals surface area contributed by atoms with Crippen LogP contribution >= 0.6 is 11.3 Å². The van der Waals surface area contributed by atoms with Gasteiger partial charge < -0.3 is 14.8 Å². The lowest BCUT2D eigenvalue weighted by Crippen LogP contribution is -2.32. The van der Waals surface area contributed by atoms with Crippen molar-refractivity contribution in [1.82, 2.24) is 10.3 Å². The number of fused-ring (bicyclic) bond motifs is 1. The third-order valence-electron chi connectivity index (χ3n) is 5.69. The average molecular weight is 466 g/mol. The van der Waals surface area contributed by atoms with Crippen LogP contribution in [-0.4, -0.2) is 37.6 Å². The van der Waals surface area contributed by atoms with Crippen LogP contribution in [0.25, 0.3) is 0 Å². The fraction of sp³-hybridized carbons (Fsp3) is 0.320. The van der Waals surface area contributed by atoms with Gasteiger partial charge in [0.05, 0.1) is 25.8 Å². The third kappa shape index (κ3) is 5.51. The number of benzene rings is 2. The zero-order valence-corrected chi connectivity index (χ0v) is 19.5. The van der Waals surface area contributed by atoms with Crippen molar-refractivity contribution >= 4 is 28.3 Å². The molecule has 1 aliphatic rings. The fourth-order valence-corrected chi connectivity index (χ4v) is 4.98. The molecule has 0 spiro atoms. The normalized spacial score (nSPS) is 14.8. The Morgan fingerprint density at radius 1 is 1.09 bits per heavy atom. The molecule has 7 nitrogen and oxygen atoms in total. The molecule has 2 N–H and O–H groups in total. The van der Waals surface area contributed by atoms with Gasteiger partial charge in [0.15, 0.2) is 5.13 Å². The summed E-state index contributed by atoms with van der Waals surface area (Å²) < 4.78 is 10.4. The molecule has 33 heavy (non-hydrogen) atoms. The monoisotopic (exact) mass is 465 g/mol. The number of carbonyl (C=O) groups is 2. The van der Waals surface area contributed by atoms with Crippen LogP contribution in [0.15, 0.2) is 48.5 Å². The molecule has 0 bridgehead atoms. The van der Waals surface area contributed by atoms with Gasteiger partial charge in [0, 0.05) is 17.0 Å². The van der Waals surface area contributed by atoms with E-state index in [1.807, 2.05) is 24.3 Å². The van der Waals surface area contributed by atoms with Crippen molar-refractivity contribution in [1.29, 1.82) is 0 Å². The first-order valence-electron chi connectivity index (χ1n) is 10.9. The van der Waals surface area contributed by atoms with E-state index < -0.39 is 0 Å². The molecule has 1 heterocycles. The molecule has 1 aromatic heterocycles. The topological polar surface area (TPSA) is 89.5 Å². The molecule has 2 amide bonds. The first-order chi connectivity index (χ1) is 16.1. The van der Waals surface area contributed by atoms with Crippen LogP contribution in [0.2, 0.25) is 0 Å². The van der Waals surface area contributed by atoms with Gasteiger partial charge in [0.2, 0.25) is 5.91 Å². The minimum Gasteiger partial charge on any atom is -0.497 e. The van der Waals surface area contributed by atoms with E-state index in [0.29, 0.717) is 23.0 Å². The first kappa shape index (κ1) is 22.8. The Kier molecular flexibility index (Phi) is 7.24. The van der Waals surface area contributed by atoms with Crippen molar-refractivity contribution in [2.45, 2.75) is 31.6 Å². The highest BCUT2D eigenvalue weighted by Gasteiger charge is 2.30. The number of amides is 2. The second-order valence-electron chi connectivity index (χ2n) is 7.85. The van der Waals surface area contributed by atoms with Crippen LogP contribution in [0.1, 0.15) is 45.3 Å². The van der Waals surface area contributed by atoms with Crippen molar-refractivity contribution in [3.05, 3.63) is 70.2 Å². The summed E-state index contributed by atoms with van der Waals surface area (Å²) in [6, 6.07) is 14.7. The quantitative estimate of drug-likeness (QED) is 0.521. The minimum atomic E-state index is -0.290. The van der Waals surface area contributed by atoms with Gasteiger partial charge in [-0.25, -0.2) is 4.98 Å². The second kappa shape index (κ2) is 10.5. The Labute approximate surface area is 197 Å². The highest BCUT2D eigenvalue weighted by atomic mass is 32.1. The van der Waals surface area contributed by atoms with Gasteiger partial charge in [0.1, 0.15) is 11.5 Å². The van der Waals surface area contributed by atoms with Crippen molar-refractivity contribution in [3.63, 3.8) is 0 Å². The van der Waals surface area contributed by atoms with Crippen molar-refractivity contribution in [2.24, 2.45) is 0 Å². The number of anilines is 1. The van der Waals surface area contributed by atoms with Crippen LogP contribution in [0.4, 0.5) is 5.13 Å². The second-order valence-corrected chi connectivity index (χ2v) is 8.93. The van der Waals surface area contributed by atoms with Crippen molar-refractivity contribution < 1.29 is 19.1 Å². The van der Waals surface area contributed by atoms with Crippen molar-refractivity contribution in [2.75, 3.05) is 26.1 Å². The summed E-state index contributed by atoms with van der Waals surface area (Å²) in [4.78, 5) is 31.2. The van der Waals surface area contributed by atoms with E-state index in [-0.39, 0.29) is 17.7 Å². The van der Waals surface area contributed by atoms with E-state index in [9.17, 15) is 9.59 Å². The number of carbonyl (C=O) groups excluding carboxylic acids is 2. The van der Waals surface area contributed by atoms with E-state index in [4.69, 9.17) is 9.47 Å². The maximum atomic E-state index is 12.9. The molecule has 8 heteroatoms. The highest BCUT2D eigenvalue weighted by Crippen LogP contribution is 2.37. The average Bonchev–Trinajstić information content (AvgIpc) is 3.26. The summed E-state index contributed by atoms with van der Waals surface area (Å²) in [6.45, 7) is 0.545. The summed E-state index contributed by atoms with van der Waals surface area (Å²) >= 11 is 1.45. The molecule has 0 fully saturated rings. The molecule has 3 aromatic rings. The maximum Gasteiger partial charge on any atom is 0.257 e. The van der Waals surface area contributed by atoms with Gasteiger partial charge >= 0.3 is 0 Å². The Balaban J connectivity index is 1.37. The summed E-state index contributed by atoms with van der Waals surface area (Å²) in [6.07, 6.45) is 3.28. The number of nitrogens with one attached hydrogen (secondary N) is 2. The minimum absolute atomic E-state index is 0.0165. The Morgan fingerprint density at radius 2 is 1.88 bits per heavy atom. The number of nitrogens with zero attached hydrogens (tertiary/aromatic N) is 1. The van der Waals surface area contributed by atoms with Crippen LogP contribution in [0.3, 0.4) is 0 Å².